The van der Waals surface area contributed by atoms with Crippen LogP contribution in [0.1, 0.15) is 68.4 Å². The predicted molar refractivity (Wildman–Crippen MR) is 262 cm³/mol. The number of nitrogens with one attached hydrogen (secondary N) is 3. The molecule has 2 aromatic heterocycles. The Labute approximate surface area is 417 Å². The Morgan fingerprint density at radius 2 is 1.57 bits per heavy atom. The normalized spacial score (nSPS) is 27.3. The van der Waals surface area contributed by atoms with Gasteiger partial charge in [0.25, 0.3) is 0 Å². The summed E-state index contributed by atoms with van der Waals surface area (Å²) in [4.78, 5) is 53.8. The number of allylic oxidation sites excluding steroid dienone is 2. The summed E-state index contributed by atoms with van der Waals surface area (Å²) in [6.07, 6.45) is 8.18. The number of hydrogen-bond acceptors (Lipinski definition) is 14. The van der Waals surface area contributed by atoms with E-state index in [1.807, 2.05) is 37.0 Å². The molecule has 2 saturated heterocycles. The number of aliphatic imine (C=N–C) groups is 1. The fraction of sp³-hybridized carbons (Fsp3) is 0.520. The molecule has 0 bridgehead atoms. The average Bonchev–Trinajstić information content (AvgIpc) is 3.78. The van der Waals surface area contributed by atoms with Crippen molar-refractivity contribution in [1.29, 1.82) is 0 Å². The number of fused-ring (bicyclic) bond motifs is 2. The van der Waals surface area contributed by atoms with Crippen molar-refractivity contribution in [2.45, 2.75) is 111 Å². The van der Waals surface area contributed by atoms with Crippen LogP contribution in [0.4, 0.5) is 38.0 Å². The summed E-state index contributed by atoms with van der Waals surface area (Å²) in [7, 11) is 3.65. The molecular weight excluding hydrogens is 963 g/mol. The molecule has 2 unspecified atom stereocenters. The second-order valence-electron chi connectivity index (χ2n) is 20.2. The maximum Gasteiger partial charge on any atom is 0.416 e. The van der Waals surface area contributed by atoms with Gasteiger partial charge < -0.3 is 35.8 Å². The van der Waals surface area contributed by atoms with Crippen LogP contribution < -0.4 is 20.9 Å². The van der Waals surface area contributed by atoms with Crippen molar-refractivity contribution < 1.29 is 41.0 Å². The lowest BCUT2D eigenvalue weighted by atomic mass is 9.80. The van der Waals surface area contributed by atoms with Gasteiger partial charge in [0, 0.05) is 75.7 Å². The Kier molecular flexibility index (Phi) is 13.8. The topological polar surface area (TPSA) is 158 Å². The molecule has 4 aliphatic heterocycles. The van der Waals surface area contributed by atoms with Crippen LogP contribution in [-0.4, -0.2) is 159 Å². The van der Waals surface area contributed by atoms with E-state index in [0.717, 1.165) is 68.4 Å². The Morgan fingerprint density at radius 3 is 2.21 bits per heavy atom. The smallest absolute Gasteiger partial charge is 0.387 e. The number of hydrogen-bond donors (Lipinski definition) is 4. The van der Waals surface area contributed by atoms with Crippen LogP contribution in [0, 0.1) is 0 Å². The molecule has 1 aromatic carbocycles. The summed E-state index contributed by atoms with van der Waals surface area (Å²) in [5.74, 6) is 0.684. The first-order valence-electron chi connectivity index (χ1n) is 24.5. The highest BCUT2D eigenvalue weighted by molar-refractivity contribution is 8.03. The molecule has 0 radical (unpaired) electrons. The Hall–Kier alpha value is -5.71. The molecule has 22 heteroatoms. The van der Waals surface area contributed by atoms with Crippen LogP contribution in [0.25, 0.3) is 10.9 Å². The SMILES string of the molecule is CN(CC(=O)NC1CN(C2CCC(O)(C3SC=CN3C)CC2)C1)C1=C2C=C(C(F)(F)F)C=CC2N(c2ccc(C3CCC(N4CC(NC(=O)CNc5ncnc6ccc(C(F)(F)F)cc56)C4)CC3)cn2)C=N1. The van der Waals surface area contributed by atoms with Crippen LogP contribution in [0.15, 0.2) is 94.7 Å². The minimum absolute atomic E-state index is 0.0295. The standard InChI is InChI=1S/C50H58F6N12O3S/c1-64-17-18-72-47(64)48(71)15-13-37(14-16-48)67-25-35(26-67)63-44(70)27-65(2)46-39-20-33(50(54,55)56)7-11-41(39)68(29-61-46)42-12-5-31(21-57-42)30-3-8-36(9-4-30)66-23-34(24-66)62-43(69)22-58-45-38-19-32(49(51,52)53)6-10-40(38)59-28-60-45/h5-7,10-12,17-21,28-30,34-37,41,47,71H,3-4,8-9,13-16,22-27H2,1-2H3,(H,62,69)(H,63,70)(H,58,59,60). The summed E-state index contributed by atoms with van der Waals surface area (Å²) in [6.45, 7) is 2.55. The summed E-state index contributed by atoms with van der Waals surface area (Å²) in [5.41, 5.74) is -0.655. The third kappa shape index (κ3) is 10.5. The van der Waals surface area contributed by atoms with E-state index in [9.17, 15) is 41.0 Å². The number of thioether (sulfide) groups is 1. The zero-order valence-electron chi connectivity index (χ0n) is 39.9. The van der Waals surface area contributed by atoms with Gasteiger partial charge in [-0.05, 0) is 98.6 Å². The van der Waals surface area contributed by atoms with Gasteiger partial charge in [0.05, 0.1) is 59.8 Å². The molecule has 15 nitrogen and oxygen atoms in total. The van der Waals surface area contributed by atoms with E-state index in [4.69, 9.17) is 4.98 Å². The molecule has 384 valence electrons. The number of pyridine rings is 1. The average molecular weight is 1020 g/mol. The van der Waals surface area contributed by atoms with Crippen molar-refractivity contribution in [3.05, 3.63) is 101 Å². The van der Waals surface area contributed by atoms with Crippen LogP contribution in [0.2, 0.25) is 0 Å². The number of alkyl halides is 6. The van der Waals surface area contributed by atoms with E-state index in [1.165, 1.54) is 18.5 Å². The minimum atomic E-state index is -4.59. The fourth-order valence-corrected chi connectivity index (χ4v) is 12.5. The quantitative estimate of drug-likeness (QED) is 0.141. The van der Waals surface area contributed by atoms with Gasteiger partial charge in [0.1, 0.15) is 29.2 Å². The van der Waals surface area contributed by atoms with Crippen molar-refractivity contribution in [1.82, 2.24) is 45.2 Å². The maximum atomic E-state index is 14.1. The zero-order valence-corrected chi connectivity index (χ0v) is 40.7. The molecular formula is C50H58F6N12O3S. The van der Waals surface area contributed by atoms with E-state index in [1.54, 1.807) is 34.9 Å². The number of aromatic nitrogens is 3. The lowest BCUT2D eigenvalue weighted by Gasteiger charge is -2.49. The third-order valence-corrected chi connectivity index (χ3v) is 16.6. The number of anilines is 2. The number of likely N-dealkylation sites (tertiary alicyclic amines) is 2. The van der Waals surface area contributed by atoms with Gasteiger partial charge in [-0.3, -0.25) is 19.4 Å². The molecule has 7 aliphatic rings. The number of nitrogens with zero attached hydrogens (tertiary/aromatic N) is 9. The molecule has 2 atom stereocenters. The highest BCUT2D eigenvalue weighted by Crippen LogP contribution is 2.43. The van der Waals surface area contributed by atoms with Crippen molar-refractivity contribution in [3.63, 3.8) is 0 Å². The lowest BCUT2D eigenvalue weighted by molar-refractivity contribution is -0.137. The number of halogens is 6. The first-order valence-corrected chi connectivity index (χ1v) is 25.4. The van der Waals surface area contributed by atoms with Crippen molar-refractivity contribution in [3.8, 4) is 0 Å². The molecule has 4 N–H and O–H groups in total. The highest BCUT2D eigenvalue weighted by atomic mass is 32.2. The lowest BCUT2D eigenvalue weighted by Crippen LogP contribution is -2.64. The third-order valence-electron chi connectivity index (χ3n) is 15.3. The second kappa shape index (κ2) is 20.0. The Bertz CT molecular complexity index is 2670. The first-order chi connectivity index (χ1) is 34.4. The van der Waals surface area contributed by atoms with Gasteiger partial charge in [-0.1, -0.05) is 18.2 Å². The molecule has 0 spiro atoms. The monoisotopic (exact) mass is 1020 g/mol. The molecule has 3 aliphatic carbocycles. The molecule has 4 fully saturated rings. The molecule has 72 heavy (non-hydrogen) atoms. The molecule has 3 aromatic rings. The largest absolute Gasteiger partial charge is 0.416 e. The summed E-state index contributed by atoms with van der Waals surface area (Å²) >= 11 is 1.66. The van der Waals surface area contributed by atoms with Crippen LogP contribution in [0.5, 0.6) is 0 Å². The predicted octanol–water partition coefficient (Wildman–Crippen LogP) is 6.35. The maximum absolute atomic E-state index is 14.1. The second-order valence-corrected chi connectivity index (χ2v) is 21.2. The summed E-state index contributed by atoms with van der Waals surface area (Å²) in [5, 5.41) is 22.6. The van der Waals surface area contributed by atoms with Gasteiger partial charge in [-0.2, -0.15) is 26.3 Å². The summed E-state index contributed by atoms with van der Waals surface area (Å²) in [6, 6.07) is 7.07. The van der Waals surface area contributed by atoms with Crippen LogP contribution in [-0.2, 0) is 15.8 Å². The van der Waals surface area contributed by atoms with E-state index >= 15 is 0 Å². The summed E-state index contributed by atoms with van der Waals surface area (Å²) < 4.78 is 82.3. The van der Waals surface area contributed by atoms with Crippen molar-refractivity contribution in [2.75, 3.05) is 63.6 Å². The van der Waals surface area contributed by atoms with Gasteiger partial charge in [0.2, 0.25) is 11.8 Å². The highest BCUT2D eigenvalue weighted by Gasteiger charge is 2.46. The van der Waals surface area contributed by atoms with Gasteiger partial charge >= 0.3 is 12.4 Å². The van der Waals surface area contributed by atoms with Gasteiger partial charge in [-0.15, -0.1) is 11.8 Å². The van der Waals surface area contributed by atoms with Crippen LogP contribution >= 0.6 is 11.8 Å². The van der Waals surface area contributed by atoms with Crippen molar-refractivity contribution >= 4 is 52.5 Å². The number of rotatable bonds is 13. The number of aliphatic hydroxyl groups is 1. The molecule has 10 rings (SSSR count). The minimum Gasteiger partial charge on any atom is -0.387 e. The number of likely N-dealkylation sites (N-methyl/N-ethyl adjacent to an activating group) is 2. The number of benzene rings is 1. The molecule has 6 heterocycles. The van der Waals surface area contributed by atoms with Gasteiger partial charge in [0.15, 0.2) is 0 Å². The molecule has 2 saturated carbocycles. The number of amides is 2. The van der Waals surface area contributed by atoms with E-state index in [0.29, 0.717) is 68.0 Å². The first kappa shape index (κ1) is 49.9. The molecule has 2 amide bonds. The van der Waals surface area contributed by atoms with E-state index < -0.39 is 35.1 Å². The van der Waals surface area contributed by atoms with Crippen LogP contribution in [0.3, 0.4) is 0 Å². The van der Waals surface area contributed by atoms with Gasteiger partial charge in [-0.25, -0.2) is 19.9 Å². The Morgan fingerprint density at radius 1 is 0.875 bits per heavy atom. The number of carbonyl (C=O) groups excluding carboxylic acids is 2. The number of carbonyl (C=O) groups is 2. The zero-order chi connectivity index (χ0) is 50.5. The van der Waals surface area contributed by atoms with E-state index in [-0.39, 0.29) is 65.3 Å². The van der Waals surface area contributed by atoms with E-state index in [2.05, 4.69) is 45.6 Å². The fourth-order valence-electron chi connectivity index (χ4n) is 11.3. The van der Waals surface area contributed by atoms with Crippen molar-refractivity contribution in [2.24, 2.45) is 4.99 Å². The Balaban J connectivity index is 0.684.